The van der Waals surface area contributed by atoms with Crippen LogP contribution in [0.1, 0.15) is 48.9 Å². The summed E-state index contributed by atoms with van der Waals surface area (Å²) in [4.78, 5) is 32.7. The van der Waals surface area contributed by atoms with Gasteiger partial charge in [0.05, 0.1) is 17.5 Å². The van der Waals surface area contributed by atoms with Crippen molar-refractivity contribution in [2.75, 3.05) is 13.6 Å². The van der Waals surface area contributed by atoms with Crippen LogP contribution in [0.5, 0.6) is 0 Å². The van der Waals surface area contributed by atoms with Crippen LogP contribution in [0.2, 0.25) is 0 Å². The van der Waals surface area contributed by atoms with Crippen LogP contribution in [0.15, 0.2) is 24.5 Å². The fraction of sp³-hybridized carbons (Fsp3) is 0.462. The Kier molecular flexibility index (Phi) is 7.63. The number of fused-ring (bicyclic) bond motifs is 1. The number of benzene rings is 1. The van der Waals surface area contributed by atoms with Gasteiger partial charge in [-0.25, -0.2) is 18.2 Å². The molecular formula is C26H32F3N7O2. The van der Waals surface area contributed by atoms with E-state index in [0.717, 1.165) is 11.6 Å². The predicted molar refractivity (Wildman–Crippen MR) is 134 cm³/mol. The Morgan fingerprint density at radius 1 is 1.11 bits per heavy atom. The predicted octanol–water partition coefficient (Wildman–Crippen LogP) is 3.00. The van der Waals surface area contributed by atoms with Gasteiger partial charge in [-0.2, -0.15) is 5.10 Å². The molecule has 0 saturated heterocycles. The first-order valence-electron chi connectivity index (χ1n) is 12.4. The van der Waals surface area contributed by atoms with E-state index in [2.05, 4.69) is 25.6 Å². The van der Waals surface area contributed by atoms with Gasteiger partial charge in [-0.05, 0) is 17.9 Å². The first kappa shape index (κ1) is 27.4. The maximum Gasteiger partial charge on any atom is 0.272 e. The van der Waals surface area contributed by atoms with Gasteiger partial charge in [-0.15, -0.1) is 0 Å². The zero-order valence-corrected chi connectivity index (χ0v) is 22.1. The lowest BCUT2D eigenvalue weighted by Gasteiger charge is -2.29. The highest BCUT2D eigenvalue weighted by Crippen LogP contribution is 2.30. The molecule has 0 fully saturated rings. The van der Waals surface area contributed by atoms with Crippen molar-refractivity contribution >= 4 is 11.8 Å². The average molecular weight is 532 g/mol. The Morgan fingerprint density at radius 2 is 1.82 bits per heavy atom. The van der Waals surface area contributed by atoms with Crippen LogP contribution in [0.25, 0.3) is 11.4 Å². The SMILES string of the molecule is CNC(=O)C(NC(=O)c1nc(-c2cc(F)c(F)cc2F)n2c1CN(Cc1cnn(C)c1)CCC2)C(C)(C)C. The van der Waals surface area contributed by atoms with Crippen molar-refractivity contribution in [3.8, 4) is 11.4 Å². The molecule has 1 aromatic carbocycles. The molecule has 1 aliphatic heterocycles. The van der Waals surface area contributed by atoms with E-state index >= 15 is 0 Å². The van der Waals surface area contributed by atoms with E-state index in [1.807, 2.05) is 34.0 Å². The molecule has 1 aliphatic rings. The number of likely N-dealkylation sites (N-methyl/N-ethyl adjacent to an activating group) is 1. The Labute approximate surface area is 219 Å². The van der Waals surface area contributed by atoms with Gasteiger partial charge in [0.2, 0.25) is 5.91 Å². The third-order valence-electron chi connectivity index (χ3n) is 6.58. The lowest BCUT2D eigenvalue weighted by molar-refractivity contribution is -0.124. The summed E-state index contributed by atoms with van der Waals surface area (Å²) in [6.45, 7) is 7.34. The first-order chi connectivity index (χ1) is 17.9. The molecule has 1 unspecified atom stereocenters. The highest BCUT2D eigenvalue weighted by molar-refractivity contribution is 5.97. The van der Waals surface area contributed by atoms with E-state index < -0.39 is 34.8 Å². The maximum absolute atomic E-state index is 14.8. The molecule has 0 saturated carbocycles. The lowest BCUT2D eigenvalue weighted by Crippen LogP contribution is -2.53. The van der Waals surface area contributed by atoms with E-state index in [4.69, 9.17) is 0 Å². The first-order valence-corrected chi connectivity index (χ1v) is 12.4. The minimum Gasteiger partial charge on any atom is -0.357 e. The summed E-state index contributed by atoms with van der Waals surface area (Å²) in [5.74, 6) is -4.48. The molecule has 204 valence electrons. The average Bonchev–Trinajstić information content (AvgIpc) is 3.34. The Bertz CT molecular complexity index is 1360. The van der Waals surface area contributed by atoms with Gasteiger partial charge in [0, 0.05) is 58.1 Å². The lowest BCUT2D eigenvalue weighted by atomic mass is 9.86. The highest BCUT2D eigenvalue weighted by Gasteiger charge is 2.35. The van der Waals surface area contributed by atoms with E-state index in [0.29, 0.717) is 37.8 Å². The largest absolute Gasteiger partial charge is 0.357 e. The fourth-order valence-electron chi connectivity index (χ4n) is 4.68. The minimum atomic E-state index is -1.31. The second-order valence-electron chi connectivity index (χ2n) is 10.6. The number of nitrogens with zero attached hydrogens (tertiary/aromatic N) is 5. The summed E-state index contributed by atoms with van der Waals surface area (Å²) >= 11 is 0. The fourth-order valence-corrected chi connectivity index (χ4v) is 4.68. The molecule has 0 radical (unpaired) electrons. The van der Waals surface area contributed by atoms with Crippen molar-refractivity contribution in [3.05, 3.63) is 58.9 Å². The van der Waals surface area contributed by atoms with Crippen LogP contribution < -0.4 is 10.6 Å². The summed E-state index contributed by atoms with van der Waals surface area (Å²) in [7, 11) is 3.31. The number of hydrogen-bond acceptors (Lipinski definition) is 5. The standard InChI is InChI=1S/C26H32F3N7O2/c1-26(2,3)22(25(38)30-4)33-24(37)21-20-14-35(13-15-11-31-34(5)12-15)7-6-8-36(20)23(32-21)16-9-18(28)19(29)10-17(16)27/h9-12,22H,6-8,13-14H2,1-5H3,(H,30,38)(H,33,37). The van der Waals surface area contributed by atoms with Crippen LogP contribution in [0, 0.1) is 22.9 Å². The molecular weight excluding hydrogens is 499 g/mol. The number of aryl methyl sites for hydroxylation is 1. The third-order valence-corrected chi connectivity index (χ3v) is 6.58. The minimum absolute atomic E-state index is 0.000345. The molecule has 0 spiro atoms. The van der Waals surface area contributed by atoms with Crippen molar-refractivity contribution in [1.29, 1.82) is 0 Å². The van der Waals surface area contributed by atoms with E-state index in [-0.39, 0.29) is 29.5 Å². The normalized spacial score (nSPS) is 15.1. The molecule has 4 rings (SSSR count). The summed E-state index contributed by atoms with van der Waals surface area (Å²) in [6, 6.07) is 0.347. The van der Waals surface area contributed by atoms with Crippen molar-refractivity contribution in [2.24, 2.45) is 12.5 Å². The molecule has 2 N–H and O–H groups in total. The summed E-state index contributed by atoms with van der Waals surface area (Å²) in [5.41, 5.74) is 0.607. The zero-order chi connectivity index (χ0) is 27.8. The van der Waals surface area contributed by atoms with Gasteiger partial charge in [0.1, 0.15) is 17.7 Å². The van der Waals surface area contributed by atoms with Crippen LogP contribution in [-0.4, -0.2) is 55.7 Å². The molecule has 9 nitrogen and oxygen atoms in total. The number of imidazole rings is 1. The van der Waals surface area contributed by atoms with E-state index in [1.54, 1.807) is 15.4 Å². The van der Waals surface area contributed by atoms with Crippen molar-refractivity contribution < 1.29 is 22.8 Å². The number of hydrogen-bond donors (Lipinski definition) is 2. The number of nitrogens with one attached hydrogen (secondary N) is 2. The van der Waals surface area contributed by atoms with Crippen LogP contribution in [0.3, 0.4) is 0 Å². The van der Waals surface area contributed by atoms with Crippen LogP contribution >= 0.6 is 0 Å². The Balaban J connectivity index is 1.79. The number of rotatable bonds is 6. The molecule has 12 heteroatoms. The highest BCUT2D eigenvalue weighted by atomic mass is 19.2. The number of aromatic nitrogens is 4. The zero-order valence-electron chi connectivity index (χ0n) is 22.1. The smallest absolute Gasteiger partial charge is 0.272 e. The molecule has 1 atom stereocenters. The molecule has 2 amide bonds. The molecule has 3 aromatic rings. The van der Waals surface area contributed by atoms with Gasteiger partial charge < -0.3 is 15.2 Å². The van der Waals surface area contributed by atoms with Gasteiger partial charge in [-0.1, -0.05) is 20.8 Å². The molecule has 0 bridgehead atoms. The molecule has 2 aromatic heterocycles. The second-order valence-corrected chi connectivity index (χ2v) is 10.6. The number of amides is 2. The van der Waals surface area contributed by atoms with Crippen molar-refractivity contribution in [1.82, 2.24) is 34.9 Å². The van der Waals surface area contributed by atoms with Gasteiger partial charge in [-0.3, -0.25) is 19.2 Å². The van der Waals surface area contributed by atoms with Gasteiger partial charge >= 0.3 is 0 Å². The Morgan fingerprint density at radius 3 is 2.45 bits per heavy atom. The second kappa shape index (κ2) is 10.6. The Hall–Kier alpha value is -3.67. The number of carbonyl (C=O) groups excluding carboxylic acids is 2. The maximum atomic E-state index is 14.8. The molecule has 0 aliphatic carbocycles. The van der Waals surface area contributed by atoms with Crippen molar-refractivity contribution in [2.45, 2.75) is 52.9 Å². The summed E-state index contributed by atoms with van der Waals surface area (Å²) in [5, 5.41) is 9.55. The van der Waals surface area contributed by atoms with Crippen LogP contribution in [0.4, 0.5) is 13.2 Å². The monoisotopic (exact) mass is 531 g/mol. The van der Waals surface area contributed by atoms with E-state index in [1.165, 1.54) is 7.05 Å². The topological polar surface area (TPSA) is 97.1 Å². The summed E-state index contributed by atoms with van der Waals surface area (Å²) in [6.07, 6.45) is 4.30. The number of carbonyl (C=O) groups is 2. The van der Waals surface area contributed by atoms with Gasteiger partial charge in [0.25, 0.3) is 5.91 Å². The third kappa shape index (κ3) is 5.59. The van der Waals surface area contributed by atoms with Crippen LogP contribution in [-0.2, 0) is 31.5 Å². The van der Waals surface area contributed by atoms with Crippen molar-refractivity contribution in [3.63, 3.8) is 0 Å². The summed E-state index contributed by atoms with van der Waals surface area (Å²) < 4.78 is 46.1. The number of halogens is 3. The van der Waals surface area contributed by atoms with E-state index in [9.17, 15) is 22.8 Å². The molecule has 3 heterocycles. The van der Waals surface area contributed by atoms with Gasteiger partial charge in [0.15, 0.2) is 17.3 Å². The quantitative estimate of drug-likeness (QED) is 0.477. The molecule has 38 heavy (non-hydrogen) atoms.